The summed E-state index contributed by atoms with van der Waals surface area (Å²) in [6.07, 6.45) is 0. The summed E-state index contributed by atoms with van der Waals surface area (Å²) in [6.45, 7) is 3.06. The van der Waals surface area contributed by atoms with E-state index in [0.29, 0.717) is 4.47 Å². The normalized spacial score (nSPS) is 11.6. The van der Waals surface area contributed by atoms with Crippen molar-refractivity contribution in [2.75, 3.05) is 6.54 Å². The zero-order chi connectivity index (χ0) is 14.6. The highest BCUT2D eigenvalue weighted by Gasteiger charge is 2.20. The van der Waals surface area contributed by atoms with E-state index in [1.165, 1.54) is 6.07 Å². The fourth-order valence-corrected chi connectivity index (χ4v) is 2.89. The lowest BCUT2D eigenvalue weighted by Crippen LogP contribution is -2.39. The fraction of sp³-hybridized carbons (Fsp3) is 0.364. The molecule has 0 aliphatic rings. The quantitative estimate of drug-likeness (QED) is 0.840. The molecule has 0 saturated heterocycles. The molecule has 19 heavy (non-hydrogen) atoms. The molecule has 0 atom stereocenters. The highest BCUT2D eigenvalue weighted by atomic mass is 79.9. The maximum atomic E-state index is 13.5. The lowest BCUT2D eigenvalue weighted by Gasteiger charge is -2.10. The standard InChI is InChI=1S/C11H14BrFN2O3S/c1-7(2)15-11(16)6-14-19(17,18)10-5-8(12)3-4-9(10)13/h3-5,7,14H,6H2,1-2H3,(H,15,16). The van der Waals surface area contributed by atoms with E-state index < -0.39 is 33.2 Å². The van der Waals surface area contributed by atoms with Crippen molar-refractivity contribution >= 4 is 31.9 Å². The zero-order valence-corrected chi connectivity index (χ0v) is 12.8. The zero-order valence-electron chi connectivity index (χ0n) is 10.4. The predicted octanol–water partition coefficient (Wildman–Crippen LogP) is 1.39. The number of hydrogen-bond donors (Lipinski definition) is 2. The number of carbonyl (C=O) groups is 1. The molecule has 1 rings (SSSR count). The van der Waals surface area contributed by atoms with Gasteiger partial charge in [-0.2, -0.15) is 0 Å². The van der Waals surface area contributed by atoms with Crippen molar-refractivity contribution in [3.63, 3.8) is 0 Å². The summed E-state index contributed by atoms with van der Waals surface area (Å²) < 4.78 is 39.6. The second kappa shape index (κ2) is 6.44. The van der Waals surface area contributed by atoms with Crippen molar-refractivity contribution < 1.29 is 17.6 Å². The topological polar surface area (TPSA) is 75.3 Å². The third-order valence-corrected chi connectivity index (χ3v) is 3.96. The number of benzene rings is 1. The van der Waals surface area contributed by atoms with Crippen LogP contribution in [0.4, 0.5) is 4.39 Å². The summed E-state index contributed by atoms with van der Waals surface area (Å²) in [4.78, 5) is 10.8. The second-order valence-corrected chi connectivity index (χ2v) is 6.77. The second-order valence-electron chi connectivity index (χ2n) is 4.12. The minimum Gasteiger partial charge on any atom is -0.353 e. The molecule has 0 spiro atoms. The Labute approximate surface area is 119 Å². The van der Waals surface area contributed by atoms with Crippen molar-refractivity contribution in [2.45, 2.75) is 24.8 Å². The Bertz CT molecular complexity index is 575. The van der Waals surface area contributed by atoms with Crippen molar-refractivity contribution in [1.29, 1.82) is 0 Å². The van der Waals surface area contributed by atoms with Gasteiger partial charge in [-0.3, -0.25) is 4.79 Å². The van der Waals surface area contributed by atoms with Crippen LogP contribution in [-0.2, 0) is 14.8 Å². The van der Waals surface area contributed by atoms with Gasteiger partial charge in [0.25, 0.3) is 0 Å². The summed E-state index contributed by atoms with van der Waals surface area (Å²) in [7, 11) is -4.06. The molecule has 2 N–H and O–H groups in total. The number of carbonyl (C=O) groups excluding carboxylic acids is 1. The largest absolute Gasteiger partial charge is 0.353 e. The Kier molecular flexibility index (Phi) is 5.45. The Balaban J connectivity index is 2.82. The van der Waals surface area contributed by atoms with E-state index >= 15 is 0 Å². The van der Waals surface area contributed by atoms with Gasteiger partial charge in [0.15, 0.2) is 0 Å². The number of amides is 1. The highest BCUT2D eigenvalue weighted by molar-refractivity contribution is 9.10. The van der Waals surface area contributed by atoms with E-state index in [2.05, 4.69) is 21.2 Å². The average Bonchev–Trinajstić information content (AvgIpc) is 2.29. The first-order chi connectivity index (χ1) is 8.72. The van der Waals surface area contributed by atoms with Gasteiger partial charge in [0.05, 0.1) is 6.54 Å². The molecule has 0 saturated carbocycles. The molecule has 0 radical (unpaired) electrons. The van der Waals surface area contributed by atoms with Crippen molar-refractivity contribution in [3.8, 4) is 0 Å². The molecule has 0 heterocycles. The minimum atomic E-state index is -4.06. The molecular weight excluding hydrogens is 339 g/mol. The molecule has 0 unspecified atom stereocenters. The van der Waals surface area contributed by atoms with Crippen LogP contribution in [0.3, 0.4) is 0 Å². The maximum Gasteiger partial charge on any atom is 0.243 e. The number of sulfonamides is 1. The summed E-state index contributed by atoms with van der Waals surface area (Å²) >= 11 is 3.06. The monoisotopic (exact) mass is 352 g/mol. The molecule has 1 aromatic rings. The molecule has 0 aliphatic carbocycles. The number of rotatable bonds is 5. The first-order valence-corrected chi connectivity index (χ1v) is 7.74. The van der Waals surface area contributed by atoms with Crippen LogP contribution in [0.5, 0.6) is 0 Å². The Hall–Kier alpha value is -0.990. The van der Waals surface area contributed by atoms with E-state index in [1.807, 2.05) is 4.72 Å². The average molecular weight is 353 g/mol. The minimum absolute atomic E-state index is 0.0976. The third-order valence-electron chi connectivity index (χ3n) is 2.06. The van der Waals surface area contributed by atoms with Crippen LogP contribution in [0.1, 0.15) is 13.8 Å². The van der Waals surface area contributed by atoms with E-state index in [-0.39, 0.29) is 6.04 Å². The van der Waals surface area contributed by atoms with Gasteiger partial charge in [0.1, 0.15) is 10.7 Å². The van der Waals surface area contributed by atoms with E-state index in [0.717, 1.165) is 12.1 Å². The van der Waals surface area contributed by atoms with Gasteiger partial charge in [-0.25, -0.2) is 17.5 Å². The maximum absolute atomic E-state index is 13.5. The highest BCUT2D eigenvalue weighted by Crippen LogP contribution is 2.19. The van der Waals surface area contributed by atoms with Gasteiger partial charge in [-0.05, 0) is 32.0 Å². The predicted molar refractivity (Wildman–Crippen MR) is 72.6 cm³/mol. The molecule has 5 nitrogen and oxygen atoms in total. The van der Waals surface area contributed by atoms with E-state index in [4.69, 9.17) is 0 Å². The first kappa shape index (κ1) is 16.1. The molecule has 1 amide bonds. The third kappa shape index (κ3) is 4.88. The number of halogens is 2. The van der Waals surface area contributed by atoms with Crippen LogP contribution in [0, 0.1) is 5.82 Å². The molecular formula is C11H14BrFN2O3S. The van der Waals surface area contributed by atoms with Gasteiger partial charge in [-0.1, -0.05) is 15.9 Å². The molecule has 0 aliphatic heterocycles. The SMILES string of the molecule is CC(C)NC(=O)CNS(=O)(=O)c1cc(Br)ccc1F. The van der Waals surface area contributed by atoms with Crippen molar-refractivity contribution in [1.82, 2.24) is 10.0 Å². The molecule has 0 aromatic heterocycles. The smallest absolute Gasteiger partial charge is 0.243 e. The number of hydrogen-bond acceptors (Lipinski definition) is 3. The van der Waals surface area contributed by atoms with Crippen molar-refractivity contribution in [2.24, 2.45) is 0 Å². The Morgan fingerprint density at radius 3 is 2.63 bits per heavy atom. The molecule has 0 bridgehead atoms. The van der Waals surface area contributed by atoms with Crippen molar-refractivity contribution in [3.05, 3.63) is 28.5 Å². The summed E-state index contributed by atoms with van der Waals surface area (Å²) in [5.74, 6) is -1.35. The Morgan fingerprint density at radius 1 is 1.42 bits per heavy atom. The summed E-state index contributed by atoms with van der Waals surface area (Å²) in [5, 5.41) is 2.52. The Morgan fingerprint density at radius 2 is 2.05 bits per heavy atom. The van der Waals surface area contributed by atoms with Crippen LogP contribution in [0.25, 0.3) is 0 Å². The molecule has 1 aromatic carbocycles. The molecule has 106 valence electrons. The van der Waals surface area contributed by atoms with Gasteiger partial charge in [0, 0.05) is 10.5 Å². The van der Waals surface area contributed by atoms with Crippen LogP contribution in [-0.4, -0.2) is 26.9 Å². The van der Waals surface area contributed by atoms with Crippen LogP contribution < -0.4 is 10.0 Å². The molecule has 8 heteroatoms. The summed E-state index contributed by atoms with van der Waals surface area (Å²) in [5.41, 5.74) is 0. The van der Waals surface area contributed by atoms with E-state index in [1.54, 1.807) is 13.8 Å². The van der Waals surface area contributed by atoms with Crippen LogP contribution >= 0.6 is 15.9 Å². The van der Waals surface area contributed by atoms with Gasteiger partial charge in [-0.15, -0.1) is 0 Å². The van der Waals surface area contributed by atoms with Gasteiger partial charge >= 0.3 is 0 Å². The lowest BCUT2D eigenvalue weighted by molar-refractivity contribution is -0.120. The number of nitrogens with one attached hydrogen (secondary N) is 2. The fourth-order valence-electron chi connectivity index (χ4n) is 1.29. The van der Waals surface area contributed by atoms with E-state index in [9.17, 15) is 17.6 Å². The van der Waals surface area contributed by atoms with Crippen LogP contribution in [0.15, 0.2) is 27.6 Å². The van der Waals surface area contributed by atoms with Gasteiger partial charge in [0.2, 0.25) is 15.9 Å². The van der Waals surface area contributed by atoms with Gasteiger partial charge < -0.3 is 5.32 Å². The lowest BCUT2D eigenvalue weighted by atomic mass is 10.3. The first-order valence-electron chi connectivity index (χ1n) is 5.46. The summed E-state index contributed by atoms with van der Waals surface area (Å²) in [6, 6.07) is 3.46. The molecule has 0 fully saturated rings. The van der Waals surface area contributed by atoms with Crippen LogP contribution in [0.2, 0.25) is 0 Å².